The van der Waals surface area contributed by atoms with Gasteiger partial charge >= 0.3 is 23.9 Å². The Bertz CT molecular complexity index is 1000. The second-order valence-corrected chi connectivity index (χ2v) is 7.62. The van der Waals surface area contributed by atoms with Gasteiger partial charge in [-0.25, -0.2) is 0 Å². The van der Waals surface area contributed by atoms with Crippen LogP contribution in [-0.2, 0) is 42.9 Å². The Kier molecular flexibility index (Phi) is 7.30. The largest absolute Gasteiger partial charge is 0.463 e. The average molecular weight is 477 g/mol. The molecule has 1 aromatic rings. The number of fused-ring (bicyclic) bond motifs is 1. The van der Waals surface area contributed by atoms with Crippen molar-refractivity contribution in [2.75, 3.05) is 6.61 Å². The molecule has 0 saturated carbocycles. The van der Waals surface area contributed by atoms with Gasteiger partial charge in [0.25, 0.3) is 11.8 Å². The minimum atomic E-state index is -1.63. The molecule has 34 heavy (non-hydrogen) atoms. The smallest absolute Gasteiger partial charge is 0.305 e. The van der Waals surface area contributed by atoms with E-state index in [2.05, 4.69) is 0 Å². The van der Waals surface area contributed by atoms with E-state index in [1.54, 1.807) is 12.1 Å². The van der Waals surface area contributed by atoms with E-state index in [9.17, 15) is 28.8 Å². The zero-order chi connectivity index (χ0) is 25.2. The molecule has 1 fully saturated rings. The first-order chi connectivity index (χ1) is 16.0. The highest BCUT2D eigenvalue weighted by atomic mass is 16.7. The Hall–Kier alpha value is -3.80. The second-order valence-electron chi connectivity index (χ2n) is 7.62. The molecule has 2 aliphatic heterocycles. The lowest BCUT2D eigenvalue weighted by Gasteiger charge is -2.46. The molecular formula is C22H23NO11. The van der Waals surface area contributed by atoms with E-state index in [1.165, 1.54) is 12.1 Å². The first-order valence-electron chi connectivity index (χ1n) is 10.3. The van der Waals surface area contributed by atoms with Gasteiger partial charge in [-0.1, -0.05) is 12.1 Å². The predicted molar refractivity (Wildman–Crippen MR) is 109 cm³/mol. The normalized spacial score (nSPS) is 25.9. The van der Waals surface area contributed by atoms with Crippen LogP contribution in [-0.4, -0.2) is 77.8 Å². The number of rotatable bonds is 6. The second kappa shape index (κ2) is 10.00. The van der Waals surface area contributed by atoms with Gasteiger partial charge in [-0.15, -0.1) is 0 Å². The third-order valence-corrected chi connectivity index (χ3v) is 5.08. The highest BCUT2D eigenvalue weighted by molar-refractivity contribution is 6.21. The summed E-state index contributed by atoms with van der Waals surface area (Å²) in [6.45, 7) is 3.91. The maximum absolute atomic E-state index is 13.2. The molecule has 12 nitrogen and oxygen atoms in total. The van der Waals surface area contributed by atoms with E-state index in [-0.39, 0.29) is 11.1 Å². The topological polar surface area (TPSA) is 152 Å². The number of amides is 2. The van der Waals surface area contributed by atoms with E-state index in [1.807, 2.05) is 0 Å². The first kappa shape index (κ1) is 24.8. The predicted octanol–water partition coefficient (Wildman–Crippen LogP) is 0.366. The molecule has 0 spiro atoms. The summed E-state index contributed by atoms with van der Waals surface area (Å²) in [6.07, 6.45) is -5.81. The van der Waals surface area contributed by atoms with Gasteiger partial charge < -0.3 is 23.7 Å². The number of nitrogens with zero attached hydrogens (tertiary/aromatic N) is 1. The number of carbonyl (C=O) groups excluding carboxylic acids is 6. The van der Waals surface area contributed by atoms with Crippen molar-refractivity contribution in [1.29, 1.82) is 0 Å². The van der Waals surface area contributed by atoms with Crippen LogP contribution >= 0.6 is 0 Å². The van der Waals surface area contributed by atoms with Gasteiger partial charge in [-0.2, -0.15) is 0 Å². The molecule has 0 radical (unpaired) electrons. The fraction of sp³-hybridized carbons (Fsp3) is 0.455. The molecule has 182 valence electrons. The number of hydrogen-bond acceptors (Lipinski definition) is 11. The van der Waals surface area contributed by atoms with Crippen molar-refractivity contribution in [1.82, 2.24) is 4.90 Å². The standard InChI is InChI=1S/C22H23NO11/c1-10(24)30-9-16-18(31-11(2)25)19(32-12(3)26)17(22(34-16)33-13(4)27)23-20(28)14-7-5-6-8-15(14)21(23)29/h5-8,16-19,22H,9H2,1-4H3/t16-,17-,18-,19-,22?/m1/s1. The summed E-state index contributed by atoms with van der Waals surface area (Å²) >= 11 is 0. The van der Waals surface area contributed by atoms with E-state index < -0.39 is 72.9 Å². The third kappa shape index (κ3) is 5.06. The lowest BCUT2D eigenvalue weighted by atomic mass is 9.94. The Labute approximate surface area is 194 Å². The number of carbonyl (C=O) groups is 6. The summed E-state index contributed by atoms with van der Waals surface area (Å²) in [6, 6.07) is 4.49. The highest BCUT2D eigenvalue weighted by Gasteiger charge is 2.58. The van der Waals surface area contributed by atoms with E-state index in [4.69, 9.17) is 23.7 Å². The Morgan fingerprint density at radius 2 is 1.29 bits per heavy atom. The molecule has 0 N–H and O–H groups in total. The molecule has 3 rings (SSSR count). The third-order valence-electron chi connectivity index (χ3n) is 5.08. The number of imide groups is 1. The van der Waals surface area contributed by atoms with Crippen LogP contribution in [0.4, 0.5) is 0 Å². The van der Waals surface area contributed by atoms with Crippen molar-refractivity contribution in [3.63, 3.8) is 0 Å². The summed E-state index contributed by atoms with van der Waals surface area (Å²) in [7, 11) is 0. The zero-order valence-electron chi connectivity index (χ0n) is 18.8. The average Bonchev–Trinajstić information content (AvgIpc) is 2.98. The monoisotopic (exact) mass is 477 g/mol. The molecule has 1 unspecified atom stereocenters. The van der Waals surface area contributed by atoms with Crippen LogP contribution in [0.5, 0.6) is 0 Å². The van der Waals surface area contributed by atoms with Gasteiger partial charge in [0.2, 0.25) is 6.29 Å². The Morgan fingerprint density at radius 1 is 0.794 bits per heavy atom. The molecular weight excluding hydrogens is 454 g/mol. The maximum Gasteiger partial charge on any atom is 0.305 e. The van der Waals surface area contributed by atoms with Crippen LogP contribution in [0, 0.1) is 0 Å². The molecule has 1 saturated heterocycles. The molecule has 1 aromatic carbocycles. The van der Waals surface area contributed by atoms with Crippen LogP contribution < -0.4 is 0 Å². The van der Waals surface area contributed by atoms with E-state index in [0.717, 1.165) is 32.6 Å². The van der Waals surface area contributed by atoms with Crippen LogP contribution in [0.25, 0.3) is 0 Å². The van der Waals surface area contributed by atoms with Gasteiger partial charge in [-0.05, 0) is 12.1 Å². The van der Waals surface area contributed by atoms with Crippen LogP contribution in [0.1, 0.15) is 48.4 Å². The molecule has 0 aliphatic carbocycles. The van der Waals surface area contributed by atoms with Crippen molar-refractivity contribution in [2.24, 2.45) is 0 Å². The number of ether oxygens (including phenoxy) is 5. The van der Waals surface area contributed by atoms with E-state index in [0.29, 0.717) is 0 Å². The summed E-state index contributed by atoms with van der Waals surface area (Å²) in [5.41, 5.74) is 0.170. The lowest BCUT2D eigenvalue weighted by Crippen LogP contribution is -2.67. The van der Waals surface area contributed by atoms with Crippen molar-refractivity contribution in [2.45, 2.75) is 58.3 Å². The van der Waals surface area contributed by atoms with E-state index >= 15 is 0 Å². The van der Waals surface area contributed by atoms with Crippen molar-refractivity contribution >= 4 is 35.7 Å². The Morgan fingerprint density at radius 3 is 1.76 bits per heavy atom. The fourth-order valence-electron chi connectivity index (χ4n) is 3.90. The minimum absolute atomic E-state index is 0.0849. The molecule has 0 bridgehead atoms. The zero-order valence-corrected chi connectivity index (χ0v) is 18.8. The number of benzene rings is 1. The summed E-state index contributed by atoms with van der Waals surface area (Å²) < 4.78 is 26.7. The van der Waals surface area contributed by atoms with Crippen molar-refractivity contribution < 1.29 is 52.5 Å². The minimum Gasteiger partial charge on any atom is -0.463 e. The highest BCUT2D eigenvalue weighted by Crippen LogP contribution is 2.35. The molecule has 2 aliphatic rings. The summed E-state index contributed by atoms with van der Waals surface area (Å²) in [5.74, 6) is -4.64. The molecule has 2 heterocycles. The van der Waals surface area contributed by atoms with Gasteiger partial charge in [-0.3, -0.25) is 33.7 Å². The number of esters is 4. The van der Waals surface area contributed by atoms with Crippen LogP contribution in [0.15, 0.2) is 24.3 Å². The fourth-order valence-corrected chi connectivity index (χ4v) is 3.90. The SMILES string of the molecule is CC(=O)OC[C@H]1OC(OC(C)=O)[C@H](N2C(=O)c3ccccc3C2=O)[C@@H](OC(C)=O)[C@@H]1OC(C)=O. The summed E-state index contributed by atoms with van der Waals surface area (Å²) in [5, 5.41) is 0. The number of hydrogen-bond donors (Lipinski definition) is 0. The lowest BCUT2D eigenvalue weighted by molar-refractivity contribution is -0.278. The Balaban J connectivity index is 2.11. The summed E-state index contributed by atoms with van der Waals surface area (Å²) in [4.78, 5) is 74.2. The van der Waals surface area contributed by atoms with Crippen LogP contribution in [0.2, 0.25) is 0 Å². The molecule has 12 heteroatoms. The first-order valence-corrected chi connectivity index (χ1v) is 10.3. The molecule has 2 amide bonds. The van der Waals surface area contributed by atoms with Gasteiger partial charge in [0, 0.05) is 27.7 Å². The quantitative estimate of drug-likeness (QED) is 0.317. The van der Waals surface area contributed by atoms with Crippen LogP contribution in [0.3, 0.4) is 0 Å². The van der Waals surface area contributed by atoms with Crippen molar-refractivity contribution in [3.05, 3.63) is 35.4 Å². The van der Waals surface area contributed by atoms with Gasteiger partial charge in [0.15, 0.2) is 12.2 Å². The maximum atomic E-state index is 13.2. The van der Waals surface area contributed by atoms with Gasteiger partial charge in [0.05, 0.1) is 11.1 Å². The molecule has 0 aromatic heterocycles. The van der Waals surface area contributed by atoms with Gasteiger partial charge in [0.1, 0.15) is 18.8 Å². The molecule has 5 atom stereocenters. The van der Waals surface area contributed by atoms with Crippen molar-refractivity contribution in [3.8, 4) is 0 Å².